The fourth-order valence-corrected chi connectivity index (χ4v) is 2.98. The molecule has 0 aliphatic heterocycles. The minimum absolute atomic E-state index is 0.0269. The lowest BCUT2D eigenvalue weighted by molar-refractivity contribution is 0.0467. The molecule has 128 valence electrons. The van der Waals surface area contributed by atoms with Gasteiger partial charge in [-0.3, -0.25) is 4.21 Å². The third-order valence-corrected chi connectivity index (χ3v) is 4.20. The zero-order valence-corrected chi connectivity index (χ0v) is 14.5. The maximum atomic E-state index is 12.2. The molecule has 0 aliphatic rings. The van der Waals surface area contributed by atoms with Crippen molar-refractivity contribution in [3.63, 3.8) is 0 Å². The maximum Gasteiger partial charge on any atom is 0.338 e. The van der Waals surface area contributed by atoms with Gasteiger partial charge in [-0.1, -0.05) is 30.3 Å². The van der Waals surface area contributed by atoms with Gasteiger partial charge in [-0.15, -0.1) is 0 Å². The Kier molecular flexibility index (Phi) is 5.40. The Balaban J connectivity index is 1.63. The summed E-state index contributed by atoms with van der Waals surface area (Å²) in [5.74, 6) is 0.442. The molecule has 5 nitrogen and oxygen atoms in total. The Bertz CT molecular complexity index is 889. The molecule has 3 rings (SSSR count). The first-order chi connectivity index (χ1) is 12.1. The van der Waals surface area contributed by atoms with Gasteiger partial charge in [-0.05, 0) is 29.8 Å². The fraction of sp³-hybridized carbons (Fsp3) is 0.158. The predicted molar refractivity (Wildman–Crippen MR) is 95.3 cm³/mol. The van der Waals surface area contributed by atoms with E-state index in [1.54, 1.807) is 24.5 Å². The average molecular weight is 355 g/mol. The van der Waals surface area contributed by atoms with E-state index < -0.39 is 16.8 Å². The van der Waals surface area contributed by atoms with E-state index in [1.807, 2.05) is 36.4 Å². The third kappa shape index (κ3) is 4.64. The van der Waals surface area contributed by atoms with Crippen LogP contribution in [0.3, 0.4) is 0 Å². The molecule has 1 unspecified atom stereocenters. The van der Waals surface area contributed by atoms with Crippen LogP contribution in [-0.2, 0) is 27.9 Å². The van der Waals surface area contributed by atoms with E-state index in [-0.39, 0.29) is 6.61 Å². The quantitative estimate of drug-likeness (QED) is 0.632. The lowest BCUT2D eigenvalue weighted by atomic mass is 10.1. The number of rotatable bonds is 6. The molecule has 0 aliphatic carbocycles. The van der Waals surface area contributed by atoms with Crippen LogP contribution >= 0.6 is 0 Å². The van der Waals surface area contributed by atoms with Crippen LogP contribution in [0.15, 0.2) is 65.3 Å². The molecule has 3 aromatic rings. The summed E-state index contributed by atoms with van der Waals surface area (Å²) in [6.07, 6.45) is 3.10. The Morgan fingerprint density at radius 3 is 2.72 bits per heavy atom. The van der Waals surface area contributed by atoms with Crippen molar-refractivity contribution in [3.8, 4) is 11.5 Å². The number of ether oxygens (including phenoxy) is 1. The summed E-state index contributed by atoms with van der Waals surface area (Å²) >= 11 is 0. The largest absolute Gasteiger partial charge is 0.455 e. The first kappa shape index (κ1) is 17.1. The lowest BCUT2D eigenvalue weighted by Crippen LogP contribution is -2.06. The minimum Gasteiger partial charge on any atom is -0.455 e. The lowest BCUT2D eigenvalue weighted by Gasteiger charge is -2.04. The second-order valence-electron chi connectivity index (χ2n) is 5.50. The van der Waals surface area contributed by atoms with Crippen molar-refractivity contribution >= 4 is 16.8 Å². The van der Waals surface area contributed by atoms with Gasteiger partial charge in [0.25, 0.3) is 0 Å². The molecule has 6 heteroatoms. The molecule has 0 fully saturated rings. The topological polar surface area (TPSA) is 69.4 Å². The first-order valence-electron chi connectivity index (χ1n) is 7.68. The Labute approximate surface area is 148 Å². The molecule has 1 heterocycles. The number of carbonyl (C=O) groups excluding carboxylic acids is 1. The van der Waals surface area contributed by atoms with Gasteiger partial charge < -0.3 is 9.15 Å². The van der Waals surface area contributed by atoms with Crippen LogP contribution in [-0.4, -0.2) is 21.4 Å². The number of oxazole rings is 1. The van der Waals surface area contributed by atoms with Crippen molar-refractivity contribution in [1.82, 2.24) is 4.98 Å². The van der Waals surface area contributed by atoms with Crippen molar-refractivity contribution in [2.75, 3.05) is 6.26 Å². The highest BCUT2D eigenvalue weighted by atomic mass is 32.2. The Hall–Kier alpha value is -2.73. The van der Waals surface area contributed by atoms with Gasteiger partial charge in [-0.25, -0.2) is 9.78 Å². The average Bonchev–Trinajstić information content (AvgIpc) is 3.09. The highest BCUT2D eigenvalue weighted by Gasteiger charge is 2.11. The second kappa shape index (κ2) is 7.90. The van der Waals surface area contributed by atoms with Crippen LogP contribution in [0.1, 0.15) is 21.6 Å². The third-order valence-electron chi connectivity index (χ3n) is 3.46. The van der Waals surface area contributed by atoms with Crippen molar-refractivity contribution in [2.45, 2.75) is 12.4 Å². The normalized spacial score (nSPS) is 11.9. The molecule has 0 saturated carbocycles. The number of hydrogen-bond acceptors (Lipinski definition) is 5. The molecule has 0 radical (unpaired) electrons. The summed E-state index contributed by atoms with van der Waals surface area (Å²) in [7, 11) is -0.962. The monoisotopic (exact) mass is 355 g/mol. The molecule has 0 N–H and O–H groups in total. The molecule has 1 aromatic heterocycles. The van der Waals surface area contributed by atoms with Gasteiger partial charge in [0.1, 0.15) is 18.6 Å². The van der Waals surface area contributed by atoms with Gasteiger partial charge in [0.15, 0.2) is 0 Å². The van der Waals surface area contributed by atoms with Crippen LogP contribution in [0.4, 0.5) is 0 Å². The minimum atomic E-state index is -0.962. The molecule has 25 heavy (non-hydrogen) atoms. The molecular formula is C19H17NO4S. The van der Waals surface area contributed by atoms with Crippen LogP contribution in [0.2, 0.25) is 0 Å². The van der Waals surface area contributed by atoms with Gasteiger partial charge in [0.2, 0.25) is 5.89 Å². The molecule has 0 saturated heterocycles. The van der Waals surface area contributed by atoms with Crippen molar-refractivity contribution in [3.05, 3.63) is 77.7 Å². The predicted octanol–water partition coefficient (Wildman–Crippen LogP) is 3.58. The number of esters is 1. The Morgan fingerprint density at radius 1 is 1.16 bits per heavy atom. The van der Waals surface area contributed by atoms with E-state index in [4.69, 9.17) is 9.15 Å². The van der Waals surface area contributed by atoms with Crippen LogP contribution in [0.5, 0.6) is 0 Å². The summed E-state index contributed by atoms with van der Waals surface area (Å²) in [6.45, 7) is 0.0269. The zero-order valence-electron chi connectivity index (χ0n) is 13.7. The van der Waals surface area contributed by atoms with Crippen molar-refractivity contribution in [2.24, 2.45) is 0 Å². The molecule has 2 aromatic carbocycles. The van der Waals surface area contributed by atoms with Gasteiger partial charge in [-0.2, -0.15) is 0 Å². The maximum absolute atomic E-state index is 12.2. The van der Waals surface area contributed by atoms with Crippen LogP contribution in [0.25, 0.3) is 11.5 Å². The number of aromatic nitrogens is 1. The fourth-order valence-electron chi connectivity index (χ4n) is 2.33. The van der Waals surface area contributed by atoms with E-state index in [0.717, 1.165) is 11.1 Å². The van der Waals surface area contributed by atoms with E-state index in [2.05, 4.69) is 4.98 Å². The second-order valence-corrected chi connectivity index (χ2v) is 6.94. The summed E-state index contributed by atoms with van der Waals surface area (Å²) < 4.78 is 22.0. The molecular weight excluding hydrogens is 338 g/mol. The number of hydrogen-bond donors (Lipinski definition) is 0. The van der Waals surface area contributed by atoms with E-state index in [9.17, 15) is 9.00 Å². The van der Waals surface area contributed by atoms with Crippen molar-refractivity contribution in [1.29, 1.82) is 0 Å². The Morgan fingerprint density at radius 2 is 1.96 bits per heavy atom. The first-order valence-corrected chi connectivity index (χ1v) is 9.40. The van der Waals surface area contributed by atoms with Crippen LogP contribution < -0.4 is 0 Å². The summed E-state index contributed by atoms with van der Waals surface area (Å²) in [5.41, 5.74) is 2.66. The molecule has 0 bridgehead atoms. The highest BCUT2D eigenvalue weighted by Crippen LogP contribution is 2.18. The van der Waals surface area contributed by atoms with E-state index >= 15 is 0 Å². The summed E-state index contributed by atoms with van der Waals surface area (Å²) in [5, 5.41) is 0. The summed E-state index contributed by atoms with van der Waals surface area (Å²) in [4.78, 5) is 16.5. The molecule has 0 spiro atoms. The van der Waals surface area contributed by atoms with Crippen molar-refractivity contribution < 1.29 is 18.2 Å². The van der Waals surface area contributed by atoms with Gasteiger partial charge in [0.05, 0.1) is 5.56 Å². The number of benzene rings is 2. The van der Waals surface area contributed by atoms with Gasteiger partial charge in [0, 0.05) is 28.4 Å². The molecule has 1 atom stereocenters. The number of nitrogens with zero attached hydrogens (tertiary/aromatic N) is 1. The smallest absolute Gasteiger partial charge is 0.338 e. The zero-order chi connectivity index (χ0) is 17.6. The van der Waals surface area contributed by atoms with E-state index in [0.29, 0.717) is 22.9 Å². The van der Waals surface area contributed by atoms with E-state index in [1.165, 1.54) is 6.26 Å². The molecule has 0 amide bonds. The highest BCUT2D eigenvalue weighted by molar-refractivity contribution is 7.83. The summed E-state index contributed by atoms with van der Waals surface area (Å²) in [6, 6.07) is 16.5. The SMILES string of the molecule is CS(=O)Cc1cccc(C(=O)OCc2coc(-c3ccccc3)n2)c1. The van der Waals surface area contributed by atoms with Gasteiger partial charge >= 0.3 is 5.97 Å². The van der Waals surface area contributed by atoms with Crippen LogP contribution in [0, 0.1) is 0 Å². The number of carbonyl (C=O) groups is 1. The standard InChI is InChI=1S/C19H17NO4S/c1-25(22)13-14-6-5-9-16(10-14)19(21)24-12-17-11-23-18(20-17)15-7-3-2-4-8-15/h2-11H,12-13H2,1H3.